The molecule has 3 fully saturated rings. The monoisotopic (exact) mass is 775 g/mol. The number of methoxy groups -OCH3 is 2. The molecule has 12 nitrogen and oxygen atoms in total. The van der Waals surface area contributed by atoms with E-state index in [1.807, 2.05) is 39.8 Å². The molecule has 55 heavy (non-hydrogen) atoms. The van der Waals surface area contributed by atoms with Gasteiger partial charge in [0.15, 0.2) is 0 Å². The summed E-state index contributed by atoms with van der Waals surface area (Å²) in [6.45, 7) is 13.4. The maximum atomic E-state index is 14.3. The highest BCUT2D eigenvalue weighted by Crippen LogP contribution is 2.40. The molecule has 2 saturated heterocycles. The van der Waals surface area contributed by atoms with E-state index in [1.165, 1.54) is 4.90 Å². The first-order valence-electron chi connectivity index (χ1n) is 20.7. The van der Waals surface area contributed by atoms with Crippen LogP contribution in [0.1, 0.15) is 119 Å². The van der Waals surface area contributed by atoms with Crippen molar-refractivity contribution in [2.24, 2.45) is 35.5 Å². The zero-order valence-electron chi connectivity index (χ0n) is 34.7. The van der Waals surface area contributed by atoms with Gasteiger partial charge in [-0.05, 0) is 101 Å². The summed E-state index contributed by atoms with van der Waals surface area (Å²) in [7, 11) is 3.14. The molecular weight excluding hydrogens is 706 g/mol. The second-order valence-electron chi connectivity index (χ2n) is 17.4. The van der Waals surface area contributed by atoms with Crippen LogP contribution in [-0.2, 0) is 38.1 Å². The molecule has 1 amide bonds. The van der Waals surface area contributed by atoms with Crippen molar-refractivity contribution in [1.82, 2.24) is 4.90 Å². The van der Waals surface area contributed by atoms with E-state index in [1.54, 1.807) is 28.1 Å². The Kier molecular flexibility index (Phi) is 16.3. The Balaban J connectivity index is 1.75. The van der Waals surface area contributed by atoms with Gasteiger partial charge in [-0.2, -0.15) is 0 Å². The van der Waals surface area contributed by atoms with Gasteiger partial charge in [-0.3, -0.25) is 14.4 Å². The fraction of sp³-hybridized carbons (Fsp3) is 0.814. The number of Topliss-reactive ketones (excluding diaryl/α,β-unsaturated/α-hetero) is 2. The molecule has 1 saturated carbocycles. The first-order chi connectivity index (χ1) is 25.9. The van der Waals surface area contributed by atoms with Gasteiger partial charge in [-0.1, -0.05) is 52.3 Å². The van der Waals surface area contributed by atoms with Crippen LogP contribution >= 0.6 is 0 Å². The summed E-state index contributed by atoms with van der Waals surface area (Å²) in [5.41, 5.74) is 1.72. The molecule has 0 aromatic heterocycles. The van der Waals surface area contributed by atoms with Gasteiger partial charge in [-0.25, -0.2) is 4.79 Å². The lowest BCUT2D eigenvalue weighted by Gasteiger charge is -2.47. The van der Waals surface area contributed by atoms with Crippen molar-refractivity contribution in [1.29, 1.82) is 0 Å². The maximum Gasteiger partial charge on any atom is 0.329 e. The van der Waals surface area contributed by atoms with Crippen LogP contribution in [0.4, 0.5) is 0 Å². The number of allylic oxidation sites excluding steroid dienone is 3. The van der Waals surface area contributed by atoms with Crippen LogP contribution in [0.3, 0.4) is 0 Å². The number of carbonyl (C=O) groups excluding carboxylic acids is 4. The first kappa shape index (κ1) is 45.2. The van der Waals surface area contributed by atoms with E-state index in [2.05, 4.69) is 6.92 Å². The number of hydrogen-bond donors (Lipinski definition) is 3. The van der Waals surface area contributed by atoms with E-state index in [0.29, 0.717) is 63.4 Å². The van der Waals surface area contributed by atoms with Crippen molar-refractivity contribution in [3.63, 3.8) is 0 Å². The molecule has 0 aromatic rings. The number of aliphatic hydroxyl groups excluding tert-OH is 2. The molecule has 1 aliphatic carbocycles. The highest BCUT2D eigenvalue weighted by atomic mass is 16.7. The molecule has 0 spiro atoms. The minimum absolute atomic E-state index is 0.0102. The Morgan fingerprint density at radius 2 is 1.64 bits per heavy atom. The molecule has 12 heteroatoms. The summed E-state index contributed by atoms with van der Waals surface area (Å²) in [5, 5.41) is 34.0. The lowest BCUT2D eigenvalue weighted by Crippen LogP contribution is -2.63. The minimum atomic E-state index is -2.42. The third-order valence-electron chi connectivity index (χ3n) is 12.9. The third kappa shape index (κ3) is 10.7. The number of amides is 1. The molecule has 0 aromatic carbocycles. The molecule has 312 valence electrons. The fourth-order valence-electron chi connectivity index (χ4n) is 9.57. The molecule has 4 rings (SSSR count). The van der Waals surface area contributed by atoms with E-state index in [9.17, 15) is 34.5 Å². The van der Waals surface area contributed by atoms with Crippen LogP contribution in [0.5, 0.6) is 0 Å². The van der Waals surface area contributed by atoms with E-state index in [0.717, 1.165) is 5.57 Å². The van der Waals surface area contributed by atoms with E-state index in [4.69, 9.17) is 18.9 Å². The summed E-state index contributed by atoms with van der Waals surface area (Å²) in [6, 6.07) is -1.11. The molecule has 0 radical (unpaired) electrons. The predicted molar refractivity (Wildman–Crippen MR) is 206 cm³/mol. The minimum Gasteiger partial charge on any atom is -0.456 e. The predicted octanol–water partition coefficient (Wildman–Crippen LogP) is 5.09. The number of esters is 1. The van der Waals surface area contributed by atoms with Crippen molar-refractivity contribution in [2.75, 3.05) is 20.8 Å². The quantitative estimate of drug-likeness (QED) is 0.193. The summed E-state index contributed by atoms with van der Waals surface area (Å²) in [6.07, 6.45) is 5.20. The van der Waals surface area contributed by atoms with Crippen LogP contribution in [0.15, 0.2) is 23.3 Å². The van der Waals surface area contributed by atoms with Gasteiger partial charge >= 0.3 is 5.97 Å². The van der Waals surface area contributed by atoms with Crippen molar-refractivity contribution in [3.8, 4) is 0 Å². The molecule has 14 atom stereocenters. The summed E-state index contributed by atoms with van der Waals surface area (Å²) in [4.78, 5) is 57.5. The number of ether oxygens (including phenoxy) is 4. The number of carbonyl (C=O) groups is 4. The number of fused-ring (bicyclic) bond motifs is 3. The Hall–Kier alpha value is -2.48. The van der Waals surface area contributed by atoms with Gasteiger partial charge < -0.3 is 39.2 Å². The van der Waals surface area contributed by atoms with Crippen LogP contribution < -0.4 is 0 Å². The second-order valence-corrected chi connectivity index (χ2v) is 17.4. The average molecular weight is 776 g/mol. The molecule has 3 aliphatic heterocycles. The zero-order valence-corrected chi connectivity index (χ0v) is 34.7. The molecule has 8 unspecified atom stereocenters. The van der Waals surface area contributed by atoms with E-state index < -0.39 is 77.8 Å². The SMILES string of the molecule is CC[C@@H]1/C=C(\C)C[C@H](C)C[C@H](C)C2OC(O)(C(=O)C(=O)N3CCCCC3C(=O)OC(/C(C)=C/[C@@H]3CCC(O)C(OC)C3)[C@H](C)C(O)CC1=O)[C@H](C)CC2OC. The van der Waals surface area contributed by atoms with Crippen molar-refractivity contribution in [2.45, 2.75) is 168 Å². The van der Waals surface area contributed by atoms with Crippen LogP contribution in [0.2, 0.25) is 0 Å². The van der Waals surface area contributed by atoms with Gasteiger partial charge in [0.1, 0.15) is 17.9 Å². The number of rotatable bonds is 5. The van der Waals surface area contributed by atoms with Gasteiger partial charge in [0.05, 0.1) is 30.5 Å². The molecule has 2 bridgehead atoms. The zero-order chi connectivity index (χ0) is 40.8. The highest BCUT2D eigenvalue weighted by Gasteiger charge is 2.56. The summed E-state index contributed by atoms with van der Waals surface area (Å²) < 4.78 is 23.9. The summed E-state index contributed by atoms with van der Waals surface area (Å²) in [5.74, 6) is -7.22. The standard InChI is InChI=1S/C43H69NO11/c1-10-31-19-25(3)17-24(2)18-26(4)39-37(53-9)21-28(6)43(51,55-39)40(48)41(49)44-16-12-11-13-32(44)42(50)54-38(29(7)34(46)23-35(31)47)27(5)20-30-14-15-33(45)36(22-30)52-8/h19-20,24,26,28-34,36-39,45-46,51H,10-18,21-23H2,1-9H3/b25-19+,27-20+/t24-,26-,28+,29+,30-,31+,32?,33?,34?,36?,37?,38?,39?,43?/m0/s1. The van der Waals surface area contributed by atoms with Gasteiger partial charge in [-0.15, -0.1) is 0 Å². The highest BCUT2D eigenvalue weighted by molar-refractivity contribution is 6.39. The van der Waals surface area contributed by atoms with Crippen LogP contribution in [-0.4, -0.2) is 113 Å². The maximum absolute atomic E-state index is 14.3. The Labute approximate surface area is 328 Å². The van der Waals surface area contributed by atoms with E-state index in [-0.39, 0.29) is 49.0 Å². The third-order valence-corrected chi connectivity index (χ3v) is 12.9. The summed E-state index contributed by atoms with van der Waals surface area (Å²) >= 11 is 0. The second kappa shape index (κ2) is 19.8. The normalized spacial score (nSPS) is 42.1. The Bertz CT molecular complexity index is 1410. The van der Waals surface area contributed by atoms with Crippen LogP contribution in [0.25, 0.3) is 0 Å². The lowest BCUT2D eigenvalue weighted by atomic mass is 9.79. The topological polar surface area (TPSA) is 169 Å². The number of piperidine rings is 1. The number of nitrogens with zero attached hydrogens (tertiary/aromatic N) is 1. The first-order valence-corrected chi connectivity index (χ1v) is 20.7. The fourth-order valence-corrected chi connectivity index (χ4v) is 9.57. The van der Waals surface area contributed by atoms with Gasteiger partial charge in [0.2, 0.25) is 5.79 Å². The van der Waals surface area contributed by atoms with Crippen molar-refractivity contribution >= 4 is 23.4 Å². The number of ketones is 2. The van der Waals surface area contributed by atoms with Crippen molar-refractivity contribution in [3.05, 3.63) is 23.3 Å². The number of aliphatic hydroxyl groups is 3. The molecule has 4 aliphatic rings. The Morgan fingerprint density at radius 1 is 0.945 bits per heavy atom. The molecule has 3 heterocycles. The van der Waals surface area contributed by atoms with E-state index >= 15 is 0 Å². The molecule has 3 N–H and O–H groups in total. The Morgan fingerprint density at radius 3 is 2.29 bits per heavy atom. The molecular formula is C43H69NO11. The largest absolute Gasteiger partial charge is 0.456 e. The van der Waals surface area contributed by atoms with Gasteiger partial charge in [0, 0.05) is 44.9 Å². The van der Waals surface area contributed by atoms with Gasteiger partial charge in [0.25, 0.3) is 11.7 Å². The smallest absolute Gasteiger partial charge is 0.329 e. The average Bonchev–Trinajstić information content (AvgIpc) is 3.15. The number of hydrogen-bond acceptors (Lipinski definition) is 11. The van der Waals surface area contributed by atoms with Crippen molar-refractivity contribution < 1.29 is 53.4 Å². The lowest BCUT2D eigenvalue weighted by molar-refractivity contribution is -0.294. The van der Waals surface area contributed by atoms with Crippen LogP contribution in [0, 0.1) is 35.5 Å². The number of cyclic esters (lactones) is 1.